The molecule has 2 aliphatic rings. The standard InChI is InChI=1S/C17H19F2N5O2/c18-17(19)9-13(21-10-17)16(25)24-7-4-11(5-8-24)15-22-14(23-26-15)12-3-1-2-6-20-12/h1-3,6,11,13,21H,4-5,7-10H2. The number of pyridine rings is 1. The maximum atomic E-state index is 13.3. The summed E-state index contributed by atoms with van der Waals surface area (Å²) in [7, 11) is 0. The Bertz CT molecular complexity index is 774. The van der Waals surface area contributed by atoms with E-state index in [0.717, 1.165) is 0 Å². The molecule has 0 spiro atoms. The number of likely N-dealkylation sites (tertiary alicyclic amines) is 1. The van der Waals surface area contributed by atoms with Crippen LogP contribution in [0.4, 0.5) is 8.78 Å². The number of carbonyl (C=O) groups is 1. The molecule has 0 radical (unpaired) electrons. The Labute approximate surface area is 148 Å². The third-order valence-electron chi connectivity index (χ3n) is 4.90. The molecule has 1 N–H and O–H groups in total. The SMILES string of the molecule is O=C(C1CC(F)(F)CN1)N1CCC(c2nc(-c3ccccn3)no2)CC1. The molecule has 9 heteroatoms. The van der Waals surface area contributed by atoms with E-state index in [-0.39, 0.29) is 11.8 Å². The normalized spacial score (nSPS) is 23.3. The second-order valence-electron chi connectivity index (χ2n) is 6.76. The summed E-state index contributed by atoms with van der Waals surface area (Å²) in [6.07, 6.45) is 2.57. The predicted molar refractivity (Wildman–Crippen MR) is 87.4 cm³/mol. The first-order valence-corrected chi connectivity index (χ1v) is 8.67. The van der Waals surface area contributed by atoms with Crippen molar-refractivity contribution in [2.45, 2.75) is 37.1 Å². The quantitative estimate of drug-likeness (QED) is 0.896. The van der Waals surface area contributed by atoms with E-state index in [1.165, 1.54) is 0 Å². The molecule has 26 heavy (non-hydrogen) atoms. The van der Waals surface area contributed by atoms with Gasteiger partial charge in [0.25, 0.3) is 5.92 Å². The van der Waals surface area contributed by atoms with Crippen LogP contribution in [0.1, 0.15) is 31.1 Å². The van der Waals surface area contributed by atoms with Gasteiger partial charge in [0, 0.05) is 31.6 Å². The first-order valence-electron chi connectivity index (χ1n) is 8.67. The highest BCUT2D eigenvalue weighted by molar-refractivity contribution is 5.82. The van der Waals surface area contributed by atoms with Gasteiger partial charge in [-0.3, -0.25) is 15.1 Å². The van der Waals surface area contributed by atoms with E-state index in [2.05, 4.69) is 20.4 Å². The number of carbonyl (C=O) groups excluding carboxylic acids is 1. The Morgan fingerprint density at radius 3 is 2.77 bits per heavy atom. The van der Waals surface area contributed by atoms with E-state index in [1.807, 2.05) is 12.1 Å². The van der Waals surface area contributed by atoms with E-state index in [0.29, 0.717) is 43.3 Å². The topological polar surface area (TPSA) is 84.2 Å². The van der Waals surface area contributed by atoms with Crippen molar-refractivity contribution in [2.24, 2.45) is 0 Å². The average Bonchev–Trinajstić information content (AvgIpc) is 3.29. The van der Waals surface area contributed by atoms with Gasteiger partial charge in [0.15, 0.2) is 0 Å². The summed E-state index contributed by atoms with van der Waals surface area (Å²) in [5, 5.41) is 6.59. The van der Waals surface area contributed by atoms with E-state index < -0.39 is 24.9 Å². The molecule has 1 amide bonds. The third-order valence-corrected chi connectivity index (χ3v) is 4.90. The molecule has 0 aromatic carbocycles. The minimum atomic E-state index is -2.80. The molecule has 2 saturated heterocycles. The fourth-order valence-electron chi connectivity index (χ4n) is 3.46. The van der Waals surface area contributed by atoms with E-state index in [4.69, 9.17) is 4.52 Å². The van der Waals surface area contributed by atoms with Gasteiger partial charge in [-0.25, -0.2) is 8.78 Å². The largest absolute Gasteiger partial charge is 0.341 e. The summed E-state index contributed by atoms with van der Waals surface area (Å²) in [6.45, 7) is 0.557. The van der Waals surface area contributed by atoms with Crippen molar-refractivity contribution >= 4 is 5.91 Å². The lowest BCUT2D eigenvalue weighted by Gasteiger charge is -2.32. The van der Waals surface area contributed by atoms with Crippen molar-refractivity contribution in [3.8, 4) is 11.5 Å². The summed E-state index contributed by atoms with van der Waals surface area (Å²) in [5.74, 6) is -2.02. The van der Waals surface area contributed by atoms with Crippen LogP contribution in [-0.4, -0.2) is 57.5 Å². The fourth-order valence-corrected chi connectivity index (χ4v) is 3.46. The van der Waals surface area contributed by atoms with Gasteiger partial charge in [0.2, 0.25) is 17.6 Å². The average molecular weight is 363 g/mol. The van der Waals surface area contributed by atoms with Gasteiger partial charge < -0.3 is 9.42 Å². The zero-order valence-corrected chi connectivity index (χ0v) is 14.1. The number of halogens is 2. The second kappa shape index (κ2) is 6.71. The molecule has 0 saturated carbocycles. The Morgan fingerprint density at radius 1 is 1.31 bits per heavy atom. The second-order valence-corrected chi connectivity index (χ2v) is 6.76. The van der Waals surface area contributed by atoms with Gasteiger partial charge >= 0.3 is 0 Å². The van der Waals surface area contributed by atoms with Crippen LogP contribution in [-0.2, 0) is 4.79 Å². The Kier molecular flexibility index (Phi) is 4.39. The lowest BCUT2D eigenvalue weighted by Crippen LogP contribution is -2.46. The van der Waals surface area contributed by atoms with Crippen molar-refractivity contribution in [1.82, 2.24) is 25.3 Å². The number of hydrogen-bond donors (Lipinski definition) is 1. The van der Waals surface area contributed by atoms with E-state index in [9.17, 15) is 13.6 Å². The van der Waals surface area contributed by atoms with Gasteiger partial charge in [0.1, 0.15) is 5.69 Å². The summed E-state index contributed by atoms with van der Waals surface area (Å²) in [5.41, 5.74) is 0.642. The number of aromatic nitrogens is 3. The van der Waals surface area contributed by atoms with Gasteiger partial charge in [-0.2, -0.15) is 4.98 Å². The smallest absolute Gasteiger partial charge is 0.262 e. The monoisotopic (exact) mass is 363 g/mol. The number of nitrogens with zero attached hydrogens (tertiary/aromatic N) is 4. The highest BCUT2D eigenvalue weighted by Crippen LogP contribution is 2.30. The van der Waals surface area contributed by atoms with Crippen LogP contribution in [0.2, 0.25) is 0 Å². The van der Waals surface area contributed by atoms with Crippen LogP contribution < -0.4 is 5.32 Å². The highest BCUT2D eigenvalue weighted by Gasteiger charge is 2.44. The molecule has 2 aromatic rings. The molecule has 1 unspecified atom stereocenters. The number of alkyl halides is 2. The van der Waals surface area contributed by atoms with Crippen LogP contribution >= 0.6 is 0 Å². The maximum Gasteiger partial charge on any atom is 0.262 e. The molecule has 138 valence electrons. The Balaban J connectivity index is 1.35. The van der Waals surface area contributed by atoms with Gasteiger partial charge in [-0.1, -0.05) is 11.2 Å². The van der Waals surface area contributed by atoms with Crippen LogP contribution in [0.3, 0.4) is 0 Å². The highest BCUT2D eigenvalue weighted by atomic mass is 19.3. The van der Waals surface area contributed by atoms with E-state index in [1.54, 1.807) is 17.2 Å². The first-order chi connectivity index (χ1) is 12.5. The number of hydrogen-bond acceptors (Lipinski definition) is 6. The van der Waals surface area contributed by atoms with Crippen molar-refractivity contribution in [3.63, 3.8) is 0 Å². The minimum Gasteiger partial charge on any atom is -0.341 e. The summed E-state index contributed by atoms with van der Waals surface area (Å²) < 4.78 is 31.9. The summed E-state index contributed by atoms with van der Waals surface area (Å²) >= 11 is 0. The van der Waals surface area contributed by atoms with Gasteiger partial charge in [-0.05, 0) is 25.0 Å². The van der Waals surface area contributed by atoms with Crippen LogP contribution in [0.15, 0.2) is 28.9 Å². The van der Waals surface area contributed by atoms with Crippen molar-refractivity contribution < 1.29 is 18.1 Å². The van der Waals surface area contributed by atoms with Crippen LogP contribution in [0.5, 0.6) is 0 Å². The van der Waals surface area contributed by atoms with Crippen LogP contribution in [0, 0.1) is 0 Å². The molecule has 2 aliphatic heterocycles. The Morgan fingerprint density at radius 2 is 2.12 bits per heavy atom. The number of amides is 1. The predicted octanol–water partition coefficient (Wildman–Crippen LogP) is 1.83. The molecular formula is C17H19F2N5O2. The first kappa shape index (κ1) is 17.0. The van der Waals surface area contributed by atoms with Crippen molar-refractivity contribution in [1.29, 1.82) is 0 Å². The van der Waals surface area contributed by atoms with E-state index >= 15 is 0 Å². The molecule has 0 bridgehead atoms. The number of piperidine rings is 1. The van der Waals surface area contributed by atoms with Crippen molar-refractivity contribution in [2.75, 3.05) is 19.6 Å². The molecule has 0 aliphatic carbocycles. The number of nitrogens with one attached hydrogen (secondary N) is 1. The zero-order valence-electron chi connectivity index (χ0n) is 14.1. The molecule has 1 atom stereocenters. The molecule has 2 fully saturated rings. The third kappa shape index (κ3) is 3.44. The van der Waals surface area contributed by atoms with Crippen molar-refractivity contribution in [3.05, 3.63) is 30.3 Å². The molecule has 4 heterocycles. The summed E-state index contributed by atoms with van der Waals surface area (Å²) in [6, 6.07) is 4.68. The lowest BCUT2D eigenvalue weighted by molar-refractivity contribution is -0.134. The molecule has 4 rings (SSSR count). The van der Waals surface area contributed by atoms with Gasteiger partial charge in [-0.15, -0.1) is 0 Å². The number of rotatable bonds is 3. The molecular weight excluding hydrogens is 344 g/mol. The van der Waals surface area contributed by atoms with Gasteiger partial charge in [0.05, 0.1) is 12.6 Å². The zero-order chi connectivity index (χ0) is 18.1. The lowest BCUT2D eigenvalue weighted by atomic mass is 9.96. The maximum absolute atomic E-state index is 13.3. The molecule has 2 aromatic heterocycles. The van der Waals surface area contributed by atoms with Crippen LogP contribution in [0.25, 0.3) is 11.5 Å². The molecule has 7 nitrogen and oxygen atoms in total. The minimum absolute atomic E-state index is 0.0574. The Hall–Kier alpha value is -2.42. The fraction of sp³-hybridized carbons (Fsp3) is 0.529. The summed E-state index contributed by atoms with van der Waals surface area (Å²) in [4.78, 5) is 22.6.